The molecule has 0 atom stereocenters. The third-order valence-corrected chi connectivity index (χ3v) is 3.20. The molecule has 0 spiro atoms. The number of aryl methyl sites for hydroxylation is 1. The van der Waals surface area contributed by atoms with Crippen molar-refractivity contribution in [2.45, 2.75) is 59.7 Å². The third kappa shape index (κ3) is 6.91. The lowest BCUT2D eigenvalue weighted by atomic mass is 10.1. The Balaban J connectivity index is 2.76. The van der Waals surface area contributed by atoms with Gasteiger partial charge in [0, 0.05) is 48.8 Å². The molecule has 0 aliphatic rings. The van der Waals surface area contributed by atoms with Crippen LogP contribution in [0.15, 0.2) is 12.3 Å². The number of nitrogens with one attached hydrogen (secondary N) is 1. The van der Waals surface area contributed by atoms with Crippen LogP contribution < -0.4 is 10.2 Å². The molecule has 1 N–H and O–H groups in total. The maximum Gasteiger partial charge on any atom is 0.0644 e. The van der Waals surface area contributed by atoms with Gasteiger partial charge in [-0.3, -0.25) is 4.98 Å². The van der Waals surface area contributed by atoms with Crippen LogP contribution in [0.25, 0.3) is 0 Å². The van der Waals surface area contributed by atoms with Gasteiger partial charge < -0.3 is 15.0 Å². The fourth-order valence-corrected chi connectivity index (χ4v) is 1.97. The second-order valence-corrected chi connectivity index (χ2v) is 6.90. The van der Waals surface area contributed by atoms with Crippen molar-refractivity contribution in [2.24, 2.45) is 0 Å². The first-order valence-corrected chi connectivity index (χ1v) is 7.72. The second kappa shape index (κ2) is 7.76. The van der Waals surface area contributed by atoms with Crippen LogP contribution in [0.2, 0.25) is 0 Å². The molecule has 0 aliphatic heterocycles. The monoisotopic (exact) mass is 293 g/mol. The van der Waals surface area contributed by atoms with Crippen molar-refractivity contribution < 1.29 is 4.74 Å². The number of nitrogens with zero attached hydrogens (tertiary/aromatic N) is 2. The second-order valence-electron chi connectivity index (χ2n) is 6.90. The molecule has 0 aliphatic carbocycles. The van der Waals surface area contributed by atoms with E-state index in [0.29, 0.717) is 0 Å². The molecule has 120 valence electrons. The molecule has 0 radical (unpaired) electrons. The average Bonchev–Trinajstić information content (AvgIpc) is 2.35. The fourth-order valence-electron chi connectivity index (χ4n) is 1.97. The summed E-state index contributed by atoms with van der Waals surface area (Å²) in [6.45, 7) is 15.1. The molecule has 0 unspecified atom stereocenters. The van der Waals surface area contributed by atoms with Gasteiger partial charge in [-0.2, -0.15) is 0 Å². The Kier molecular flexibility index (Phi) is 6.62. The van der Waals surface area contributed by atoms with E-state index >= 15 is 0 Å². The van der Waals surface area contributed by atoms with Gasteiger partial charge in [-0.1, -0.05) is 0 Å². The minimum Gasteiger partial charge on any atom is -0.377 e. The molecule has 0 fully saturated rings. The van der Waals surface area contributed by atoms with E-state index < -0.39 is 0 Å². The first-order valence-electron chi connectivity index (χ1n) is 7.72. The SMILES string of the molecule is Cc1cc(N(C)CCOC(C)C)c(CNC(C)(C)C)cn1. The highest BCUT2D eigenvalue weighted by Crippen LogP contribution is 2.20. The van der Waals surface area contributed by atoms with Crippen molar-refractivity contribution in [3.63, 3.8) is 0 Å². The van der Waals surface area contributed by atoms with E-state index in [9.17, 15) is 0 Å². The van der Waals surface area contributed by atoms with Crippen molar-refractivity contribution in [2.75, 3.05) is 25.1 Å². The molecule has 0 bridgehead atoms. The number of ether oxygens (including phenoxy) is 1. The van der Waals surface area contributed by atoms with Gasteiger partial charge in [0.05, 0.1) is 12.7 Å². The van der Waals surface area contributed by atoms with E-state index in [4.69, 9.17) is 4.74 Å². The van der Waals surface area contributed by atoms with Gasteiger partial charge in [-0.25, -0.2) is 0 Å². The van der Waals surface area contributed by atoms with Crippen molar-refractivity contribution in [1.29, 1.82) is 0 Å². The van der Waals surface area contributed by atoms with Crippen LogP contribution in [-0.4, -0.2) is 36.8 Å². The molecule has 4 heteroatoms. The minimum atomic E-state index is 0.0987. The normalized spacial score (nSPS) is 12.0. The van der Waals surface area contributed by atoms with Gasteiger partial charge in [-0.05, 0) is 47.6 Å². The van der Waals surface area contributed by atoms with E-state index in [1.165, 1.54) is 11.3 Å². The quantitative estimate of drug-likeness (QED) is 0.838. The third-order valence-electron chi connectivity index (χ3n) is 3.20. The number of hydrogen-bond acceptors (Lipinski definition) is 4. The molecule has 1 aromatic heterocycles. The van der Waals surface area contributed by atoms with Crippen LogP contribution >= 0.6 is 0 Å². The van der Waals surface area contributed by atoms with Gasteiger partial charge in [0.2, 0.25) is 0 Å². The molecular weight excluding hydrogens is 262 g/mol. The van der Waals surface area contributed by atoms with E-state index in [1.54, 1.807) is 0 Å². The predicted molar refractivity (Wildman–Crippen MR) is 89.9 cm³/mol. The minimum absolute atomic E-state index is 0.0987. The summed E-state index contributed by atoms with van der Waals surface area (Å²) in [6.07, 6.45) is 2.25. The van der Waals surface area contributed by atoms with Crippen molar-refractivity contribution >= 4 is 5.69 Å². The maximum atomic E-state index is 5.65. The molecular formula is C17H31N3O. The van der Waals surface area contributed by atoms with Crippen LogP contribution in [0.1, 0.15) is 45.9 Å². The molecule has 0 aromatic carbocycles. The highest BCUT2D eigenvalue weighted by molar-refractivity contribution is 5.53. The Bertz CT molecular complexity index is 438. The first kappa shape index (κ1) is 17.9. The van der Waals surface area contributed by atoms with Gasteiger partial charge in [-0.15, -0.1) is 0 Å². The van der Waals surface area contributed by atoms with Crippen LogP contribution in [0, 0.1) is 6.92 Å². The van der Waals surface area contributed by atoms with Gasteiger partial charge in [0.15, 0.2) is 0 Å². The lowest BCUT2D eigenvalue weighted by Crippen LogP contribution is -2.36. The van der Waals surface area contributed by atoms with E-state index in [-0.39, 0.29) is 11.6 Å². The highest BCUT2D eigenvalue weighted by atomic mass is 16.5. The summed E-state index contributed by atoms with van der Waals surface area (Å²) >= 11 is 0. The maximum absolute atomic E-state index is 5.65. The summed E-state index contributed by atoms with van der Waals surface area (Å²) in [5.41, 5.74) is 3.59. The number of likely N-dealkylation sites (N-methyl/N-ethyl adjacent to an activating group) is 1. The highest BCUT2D eigenvalue weighted by Gasteiger charge is 2.13. The lowest BCUT2D eigenvalue weighted by Gasteiger charge is -2.26. The zero-order chi connectivity index (χ0) is 16.0. The van der Waals surface area contributed by atoms with E-state index in [1.807, 2.05) is 13.1 Å². The number of anilines is 1. The Morgan fingerprint density at radius 2 is 2.00 bits per heavy atom. The van der Waals surface area contributed by atoms with Crippen LogP contribution in [-0.2, 0) is 11.3 Å². The number of aromatic nitrogens is 1. The van der Waals surface area contributed by atoms with Gasteiger partial charge >= 0.3 is 0 Å². The van der Waals surface area contributed by atoms with Crippen molar-refractivity contribution in [1.82, 2.24) is 10.3 Å². The van der Waals surface area contributed by atoms with Gasteiger partial charge in [0.25, 0.3) is 0 Å². The smallest absolute Gasteiger partial charge is 0.0644 e. The summed E-state index contributed by atoms with van der Waals surface area (Å²) in [5.74, 6) is 0. The molecule has 0 amide bonds. The molecule has 0 saturated carbocycles. The average molecular weight is 293 g/mol. The zero-order valence-electron chi connectivity index (χ0n) is 14.7. The van der Waals surface area contributed by atoms with E-state index in [0.717, 1.165) is 25.4 Å². The fraction of sp³-hybridized carbons (Fsp3) is 0.706. The Hall–Kier alpha value is -1.13. The molecule has 4 nitrogen and oxygen atoms in total. The van der Waals surface area contributed by atoms with Crippen molar-refractivity contribution in [3.05, 3.63) is 23.5 Å². The van der Waals surface area contributed by atoms with E-state index in [2.05, 4.69) is 62.9 Å². The summed E-state index contributed by atoms with van der Waals surface area (Å²) in [7, 11) is 2.11. The summed E-state index contributed by atoms with van der Waals surface area (Å²) in [5, 5.41) is 3.53. The standard InChI is InChI=1S/C17H31N3O/c1-13(2)21-9-8-20(7)16-10-14(3)18-11-15(16)12-19-17(4,5)6/h10-11,13,19H,8-9,12H2,1-7H3. The predicted octanol–water partition coefficient (Wildman–Crippen LogP) is 3.14. The van der Waals surface area contributed by atoms with Crippen LogP contribution in [0.4, 0.5) is 5.69 Å². The topological polar surface area (TPSA) is 37.4 Å². The largest absolute Gasteiger partial charge is 0.377 e. The number of rotatable bonds is 7. The Labute approximate surface area is 129 Å². The van der Waals surface area contributed by atoms with Crippen LogP contribution in [0.3, 0.4) is 0 Å². The zero-order valence-corrected chi connectivity index (χ0v) is 14.7. The Morgan fingerprint density at radius 1 is 1.33 bits per heavy atom. The molecule has 0 saturated heterocycles. The number of hydrogen-bond donors (Lipinski definition) is 1. The molecule has 1 aromatic rings. The van der Waals surface area contributed by atoms with Gasteiger partial charge in [0.1, 0.15) is 0 Å². The lowest BCUT2D eigenvalue weighted by molar-refractivity contribution is 0.0846. The summed E-state index contributed by atoms with van der Waals surface area (Å²) in [4.78, 5) is 6.68. The molecule has 1 heterocycles. The Morgan fingerprint density at radius 3 is 2.57 bits per heavy atom. The van der Waals surface area contributed by atoms with Crippen molar-refractivity contribution in [3.8, 4) is 0 Å². The number of pyridine rings is 1. The summed E-state index contributed by atoms with van der Waals surface area (Å²) < 4.78 is 5.65. The van der Waals surface area contributed by atoms with Crippen LogP contribution in [0.5, 0.6) is 0 Å². The first-order chi connectivity index (χ1) is 9.69. The molecule has 1 rings (SSSR count). The molecule has 21 heavy (non-hydrogen) atoms. The summed E-state index contributed by atoms with van der Waals surface area (Å²) in [6, 6.07) is 2.15.